The number of nitrogen functional groups attached to an aromatic ring is 1. The number of nitrogens with two attached hydrogens (primary N) is 1. The van der Waals surface area contributed by atoms with Crippen molar-refractivity contribution < 1.29 is 9.47 Å². The maximum absolute atomic E-state index is 6.26. The van der Waals surface area contributed by atoms with Crippen LogP contribution in [0.1, 0.15) is 12.8 Å². The van der Waals surface area contributed by atoms with Gasteiger partial charge in [0.1, 0.15) is 5.82 Å². The Kier molecular flexibility index (Phi) is 3.44. The maximum atomic E-state index is 6.26. The van der Waals surface area contributed by atoms with E-state index >= 15 is 0 Å². The van der Waals surface area contributed by atoms with Gasteiger partial charge in [0.15, 0.2) is 11.5 Å². The van der Waals surface area contributed by atoms with Crippen LogP contribution in [-0.4, -0.2) is 23.9 Å². The average Bonchev–Trinajstić information content (AvgIpc) is 3.16. The molecular formula is C14H16ClN3O2. The molecule has 0 unspecified atom stereocenters. The molecule has 0 aliphatic heterocycles. The average molecular weight is 294 g/mol. The number of aromatic amines is 1. The van der Waals surface area contributed by atoms with Crippen molar-refractivity contribution in [3.8, 4) is 22.6 Å². The van der Waals surface area contributed by atoms with Crippen molar-refractivity contribution in [1.29, 1.82) is 0 Å². The quantitative estimate of drug-likeness (QED) is 0.888. The lowest BCUT2D eigenvalue weighted by molar-refractivity contribution is 0.280. The molecule has 2 aromatic rings. The summed E-state index contributed by atoms with van der Waals surface area (Å²) in [7, 11) is 1.58. The van der Waals surface area contributed by atoms with Gasteiger partial charge in [0.05, 0.1) is 24.9 Å². The Morgan fingerprint density at radius 2 is 2.25 bits per heavy atom. The fourth-order valence-corrected chi connectivity index (χ4v) is 2.34. The second-order valence-corrected chi connectivity index (χ2v) is 5.35. The molecule has 1 aromatic carbocycles. The molecule has 0 saturated heterocycles. The van der Waals surface area contributed by atoms with Gasteiger partial charge in [-0.15, -0.1) is 0 Å². The summed E-state index contributed by atoms with van der Waals surface area (Å²) in [6, 6.07) is 3.68. The number of anilines is 1. The summed E-state index contributed by atoms with van der Waals surface area (Å²) >= 11 is 6.26. The third kappa shape index (κ3) is 2.54. The van der Waals surface area contributed by atoms with Crippen LogP contribution in [0, 0.1) is 5.92 Å². The number of rotatable bonds is 5. The first-order chi connectivity index (χ1) is 9.69. The van der Waals surface area contributed by atoms with E-state index in [-0.39, 0.29) is 0 Å². The molecule has 6 heteroatoms. The van der Waals surface area contributed by atoms with E-state index in [9.17, 15) is 0 Å². The van der Waals surface area contributed by atoms with Crippen LogP contribution < -0.4 is 15.2 Å². The van der Waals surface area contributed by atoms with Gasteiger partial charge >= 0.3 is 0 Å². The normalized spacial score (nSPS) is 14.3. The molecule has 0 spiro atoms. The van der Waals surface area contributed by atoms with E-state index in [2.05, 4.69) is 10.2 Å². The van der Waals surface area contributed by atoms with Crippen LogP contribution in [0.3, 0.4) is 0 Å². The zero-order chi connectivity index (χ0) is 14.1. The highest BCUT2D eigenvalue weighted by atomic mass is 35.5. The van der Waals surface area contributed by atoms with Crippen molar-refractivity contribution in [2.75, 3.05) is 19.5 Å². The number of nitrogens with zero attached hydrogens (tertiary/aromatic N) is 1. The lowest BCUT2D eigenvalue weighted by Crippen LogP contribution is -2.01. The van der Waals surface area contributed by atoms with Crippen molar-refractivity contribution in [1.82, 2.24) is 10.2 Å². The molecule has 1 heterocycles. The van der Waals surface area contributed by atoms with Crippen LogP contribution in [0.2, 0.25) is 5.02 Å². The van der Waals surface area contributed by atoms with Crippen LogP contribution in [0.15, 0.2) is 18.3 Å². The van der Waals surface area contributed by atoms with Gasteiger partial charge in [-0.05, 0) is 36.5 Å². The minimum atomic E-state index is 0.497. The summed E-state index contributed by atoms with van der Waals surface area (Å²) < 4.78 is 11.2. The van der Waals surface area contributed by atoms with Gasteiger partial charge in [-0.3, -0.25) is 5.10 Å². The number of aromatic nitrogens is 2. The summed E-state index contributed by atoms with van der Waals surface area (Å²) in [4.78, 5) is 0. The predicted molar refractivity (Wildman–Crippen MR) is 78.2 cm³/mol. The molecule has 1 fully saturated rings. The number of methoxy groups -OCH3 is 1. The van der Waals surface area contributed by atoms with E-state index in [1.165, 1.54) is 12.8 Å². The molecule has 0 bridgehead atoms. The number of hydrogen-bond acceptors (Lipinski definition) is 4. The first-order valence-corrected chi connectivity index (χ1v) is 6.86. The summed E-state index contributed by atoms with van der Waals surface area (Å²) in [5.74, 6) is 2.35. The Labute approximate surface area is 122 Å². The Hall–Kier alpha value is -1.88. The summed E-state index contributed by atoms with van der Waals surface area (Å²) in [5, 5.41) is 7.12. The molecule has 0 amide bonds. The summed E-state index contributed by atoms with van der Waals surface area (Å²) in [6.45, 7) is 0.691. The lowest BCUT2D eigenvalue weighted by Gasteiger charge is -2.13. The lowest BCUT2D eigenvalue weighted by atomic mass is 10.1. The number of ether oxygens (including phenoxy) is 2. The zero-order valence-electron chi connectivity index (χ0n) is 11.1. The smallest absolute Gasteiger partial charge is 0.179 e. The minimum absolute atomic E-state index is 0.497. The van der Waals surface area contributed by atoms with E-state index in [0.717, 1.165) is 11.1 Å². The van der Waals surface area contributed by atoms with Gasteiger partial charge in [-0.1, -0.05) is 11.6 Å². The molecular weight excluding hydrogens is 278 g/mol. The van der Waals surface area contributed by atoms with Gasteiger partial charge in [-0.2, -0.15) is 5.10 Å². The number of nitrogens with one attached hydrogen (secondary N) is 1. The highest BCUT2D eigenvalue weighted by Gasteiger charge is 2.23. The SMILES string of the molecule is COc1c(Cl)cc(-c2cn[nH]c2N)cc1OCC1CC1. The van der Waals surface area contributed by atoms with Crippen molar-refractivity contribution in [3.05, 3.63) is 23.4 Å². The first kappa shape index (κ1) is 13.1. The van der Waals surface area contributed by atoms with Gasteiger partial charge in [-0.25, -0.2) is 0 Å². The molecule has 3 rings (SSSR count). The molecule has 1 aliphatic rings. The highest BCUT2D eigenvalue weighted by Crippen LogP contribution is 2.41. The molecule has 106 valence electrons. The fourth-order valence-electron chi connectivity index (χ4n) is 2.05. The summed E-state index contributed by atoms with van der Waals surface area (Å²) in [5.41, 5.74) is 7.49. The van der Waals surface area contributed by atoms with Gasteiger partial charge in [0, 0.05) is 5.56 Å². The number of halogens is 1. The van der Waals surface area contributed by atoms with E-state index in [0.29, 0.717) is 34.9 Å². The Morgan fingerprint density at radius 1 is 1.45 bits per heavy atom. The summed E-state index contributed by atoms with van der Waals surface area (Å²) in [6.07, 6.45) is 4.12. The van der Waals surface area contributed by atoms with E-state index in [1.807, 2.05) is 6.07 Å². The monoisotopic (exact) mass is 293 g/mol. The van der Waals surface area contributed by atoms with Crippen LogP contribution in [-0.2, 0) is 0 Å². The van der Waals surface area contributed by atoms with E-state index in [1.54, 1.807) is 19.4 Å². The zero-order valence-corrected chi connectivity index (χ0v) is 11.9. The standard InChI is InChI=1S/C14H16ClN3O2/c1-19-13-11(15)4-9(10-6-17-18-14(10)16)5-12(13)20-7-8-2-3-8/h4-6,8H,2-3,7H2,1H3,(H3,16,17,18). The highest BCUT2D eigenvalue weighted by molar-refractivity contribution is 6.32. The topological polar surface area (TPSA) is 73.2 Å². The largest absolute Gasteiger partial charge is 0.491 e. The Bertz CT molecular complexity index is 623. The molecule has 20 heavy (non-hydrogen) atoms. The first-order valence-electron chi connectivity index (χ1n) is 6.48. The molecule has 1 aromatic heterocycles. The number of hydrogen-bond donors (Lipinski definition) is 2. The molecule has 0 radical (unpaired) electrons. The van der Waals surface area contributed by atoms with Crippen LogP contribution >= 0.6 is 11.6 Å². The van der Waals surface area contributed by atoms with Crippen LogP contribution in [0.25, 0.3) is 11.1 Å². The third-order valence-corrected chi connectivity index (χ3v) is 3.65. The molecule has 3 N–H and O–H groups in total. The van der Waals surface area contributed by atoms with Gasteiger partial charge in [0.2, 0.25) is 0 Å². The predicted octanol–water partition coefficient (Wildman–Crippen LogP) is 3.11. The third-order valence-electron chi connectivity index (χ3n) is 3.36. The van der Waals surface area contributed by atoms with E-state index < -0.39 is 0 Å². The Morgan fingerprint density at radius 3 is 2.85 bits per heavy atom. The molecule has 5 nitrogen and oxygen atoms in total. The molecule has 0 atom stereocenters. The van der Waals surface area contributed by atoms with Crippen molar-refractivity contribution in [2.45, 2.75) is 12.8 Å². The molecule has 1 aliphatic carbocycles. The fraction of sp³-hybridized carbons (Fsp3) is 0.357. The van der Waals surface area contributed by atoms with Crippen LogP contribution in [0.4, 0.5) is 5.82 Å². The minimum Gasteiger partial charge on any atom is -0.491 e. The van der Waals surface area contributed by atoms with Crippen molar-refractivity contribution >= 4 is 17.4 Å². The Balaban J connectivity index is 1.97. The number of benzene rings is 1. The second kappa shape index (κ2) is 5.25. The van der Waals surface area contributed by atoms with Crippen molar-refractivity contribution in [3.63, 3.8) is 0 Å². The second-order valence-electron chi connectivity index (χ2n) is 4.94. The maximum Gasteiger partial charge on any atom is 0.179 e. The number of H-pyrrole nitrogens is 1. The van der Waals surface area contributed by atoms with Crippen molar-refractivity contribution in [2.24, 2.45) is 5.92 Å². The van der Waals surface area contributed by atoms with Gasteiger partial charge in [0.25, 0.3) is 0 Å². The van der Waals surface area contributed by atoms with Crippen LogP contribution in [0.5, 0.6) is 11.5 Å². The van der Waals surface area contributed by atoms with E-state index in [4.69, 9.17) is 26.8 Å². The molecule has 1 saturated carbocycles. The van der Waals surface area contributed by atoms with Gasteiger partial charge < -0.3 is 15.2 Å².